The van der Waals surface area contributed by atoms with Crippen LogP contribution in [0.5, 0.6) is 0 Å². The van der Waals surface area contributed by atoms with Crippen LogP contribution in [0.15, 0.2) is 255 Å². The first-order valence-corrected chi connectivity index (χ1v) is 22.8. The zero-order valence-corrected chi connectivity index (χ0v) is 36.1. The van der Waals surface area contributed by atoms with Gasteiger partial charge in [-0.1, -0.05) is 218 Å². The van der Waals surface area contributed by atoms with Crippen molar-refractivity contribution in [2.75, 3.05) is 4.90 Å². The largest absolute Gasteiger partial charge is 0.309 e. The Balaban J connectivity index is 1.11. The maximum atomic E-state index is 2.54. The molecule has 0 unspecified atom stereocenters. The van der Waals surface area contributed by atoms with E-state index < -0.39 is 0 Å². The van der Waals surface area contributed by atoms with Crippen LogP contribution in [0.3, 0.4) is 0 Å². The van der Waals surface area contributed by atoms with Gasteiger partial charge in [-0.3, -0.25) is 0 Å². The molecule has 2 heteroatoms. The maximum absolute atomic E-state index is 2.54. The SMILES string of the molecule is c1ccc(-c2ccccc2-c2ccccc2N(c2ccccc2-c2ccccc2-c2ccccc2)c2ccc3ccc4c(-n5c6ccccc6c6ccccc65)ccc5ccc2c3c54)cc1. The van der Waals surface area contributed by atoms with Crippen LogP contribution in [0, 0.1) is 0 Å². The van der Waals surface area contributed by atoms with Crippen molar-refractivity contribution in [1.82, 2.24) is 4.57 Å². The van der Waals surface area contributed by atoms with E-state index in [4.69, 9.17) is 0 Å². The van der Waals surface area contributed by atoms with Gasteiger partial charge in [0.1, 0.15) is 0 Å². The number of hydrogen-bond acceptors (Lipinski definition) is 1. The standard InChI is InChI=1S/C64H42N2/c1-3-19-43(20-4-1)47-23-7-9-25-49(47)51-27-11-15-31-57(51)65(58-32-16-12-28-52(58)50-26-10-8-24-48(50)44-21-5-2-6-22-44)61-41-37-45-36-40-56-62(42-38-46-35-39-55(61)63(45)64(46)56)66-59-33-17-13-29-53(59)54-30-14-18-34-60(54)66/h1-42H. The molecule has 0 aliphatic heterocycles. The molecule has 0 N–H and O–H groups in total. The predicted octanol–water partition coefficient (Wildman–Crippen LogP) is 17.8. The highest BCUT2D eigenvalue weighted by Crippen LogP contribution is 2.51. The van der Waals surface area contributed by atoms with Gasteiger partial charge >= 0.3 is 0 Å². The van der Waals surface area contributed by atoms with Crippen LogP contribution in [0.1, 0.15) is 0 Å². The summed E-state index contributed by atoms with van der Waals surface area (Å²) in [7, 11) is 0. The smallest absolute Gasteiger partial charge is 0.0541 e. The van der Waals surface area contributed by atoms with Crippen molar-refractivity contribution in [1.29, 1.82) is 0 Å². The average molecular weight is 839 g/mol. The number of hydrogen-bond donors (Lipinski definition) is 0. The molecule has 0 aliphatic carbocycles. The fraction of sp³-hybridized carbons (Fsp3) is 0. The maximum Gasteiger partial charge on any atom is 0.0541 e. The van der Waals surface area contributed by atoms with Crippen molar-refractivity contribution < 1.29 is 0 Å². The zero-order chi connectivity index (χ0) is 43.6. The van der Waals surface area contributed by atoms with Crippen molar-refractivity contribution in [2.45, 2.75) is 0 Å². The lowest BCUT2D eigenvalue weighted by molar-refractivity contribution is 1.20. The Hall–Kier alpha value is -8.72. The molecule has 0 aliphatic rings. The molecule has 0 saturated heterocycles. The average Bonchev–Trinajstić information content (AvgIpc) is 3.73. The van der Waals surface area contributed by atoms with E-state index >= 15 is 0 Å². The van der Waals surface area contributed by atoms with Gasteiger partial charge in [0.25, 0.3) is 0 Å². The van der Waals surface area contributed by atoms with E-state index in [9.17, 15) is 0 Å². The zero-order valence-electron chi connectivity index (χ0n) is 36.1. The first kappa shape index (κ1) is 37.8. The van der Waals surface area contributed by atoms with E-state index in [1.54, 1.807) is 0 Å². The number of benzene rings is 12. The van der Waals surface area contributed by atoms with Crippen LogP contribution >= 0.6 is 0 Å². The van der Waals surface area contributed by atoms with Crippen LogP contribution in [-0.2, 0) is 0 Å². The molecule has 308 valence electrons. The van der Waals surface area contributed by atoms with Crippen LogP contribution < -0.4 is 4.90 Å². The summed E-state index contributed by atoms with van der Waals surface area (Å²) in [6, 6.07) is 93.4. The van der Waals surface area contributed by atoms with Crippen molar-refractivity contribution in [3.05, 3.63) is 255 Å². The number of nitrogens with zero attached hydrogens (tertiary/aromatic N) is 2. The van der Waals surface area contributed by atoms with Gasteiger partial charge in [-0.25, -0.2) is 0 Å². The van der Waals surface area contributed by atoms with Crippen molar-refractivity contribution in [3.8, 4) is 50.2 Å². The monoisotopic (exact) mass is 838 g/mol. The molecule has 13 aromatic rings. The van der Waals surface area contributed by atoms with Crippen molar-refractivity contribution >= 4 is 71.2 Å². The summed E-state index contributed by atoms with van der Waals surface area (Å²) in [6.45, 7) is 0. The highest BCUT2D eigenvalue weighted by Gasteiger charge is 2.26. The topological polar surface area (TPSA) is 8.17 Å². The molecule has 2 nitrogen and oxygen atoms in total. The third-order valence-corrected chi connectivity index (χ3v) is 13.6. The van der Waals surface area contributed by atoms with E-state index in [1.807, 2.05) is 0 Å². The molecular formula is C64H42N2. The summed E-state index contributed by atoms with van der Waals surface area (Å²) in [5, 5.41) is 9.93. The van der Waals surface area contributed by atoms with Crippen LogP contribution in [-0.4, -0.2) is 4.57 Å². The lowest BCUT2D eigenvalue weighted by atomic mass is 9.90. The van der Waals surface area contributed by atoms with Crippen molar-refractivity contribution in [3.63, 3.8) is 0 Å². The molecule has 0 amide bonds. The third kappa shape index (κ3) is 5.96. The molecule has 0 bridgehead atoms. The van der Waals surface area contributed by atoms with Gasteiger partial charge in [-0.15, -0.1) is 0 Å². The second kappa shape index (κ2) is 15.5. The number of anilines is 3. The fourth-order valence-corrected chi connectivity index (χ4v) is 10.7. The van der Waals surface area contributed by atoms with Gasteiger partial charge < -0.3 is 9.47 Å². The molecule has 0 radical (unpaired) electrons. The van der Waals surface area contributed by atoms with Crippen molar-refractivity contribution in [2.24, 2.45) is 0 Å². The minimum Gasteiger partial charge on any atom is -0.309 e. The molecule has 12 aromatic carbocycles. The molecular weight excluding hydrogens is 797 g/mol. The molecule has 0 atom stereocenters. The molecule has 0 saturated carbocycles. The second-order valence-electron chi connectivity index (χ2n) is 17.2. The Morgan fingerprint density at radius 3 is 1.18 bits per heavy atom. The summed E-state index contributed by atoms with van der Waals surface area (Å²) >= 11 is 0. The predicted molar refractivity (Wildman–Crippen MR) is 281 cm³/mol. The Bertz CT molecular complexity index is 3760. The van der Waals surface area contributed by atoms with Gasteiger partial charge in [0, 0.05) is 32.7 Å². The van der Waals surface area contributed by atoms with Gasteiger partial charge in [-0.05, 0) is 91.3 Å². The van der Waals surface area contributed by atoms with Gasteiger partial charge in [-0.2, -0.15) is 0 Å². The Morgan fingerprint density at radius 1 is 0.242 bits per heavy atom. The first-order valence-electron chi connectivity index (χ1n) is 22.8. The second-order valence-corrected chi connectivity index (χ2v) is 17.2. The first-order chi connectivity index (χ1) is 32.8. The molecule has 1 heterocycles. The van der Waals surface area contributed by atoms with E-state index in [0.717, 1.165) is 28.2 Å². The van der Waals surface area contributed by atoms with E-state index in [-0.39, 0.29) is 0 Å². The molecule has 0 fully saturated rings. The normalized spacial score (nSPS) is 11.6. The molecule has 1 aromatic heterocycles. The van der Waals surface area contributed by atoms with Gasteiger partial charge in [0.05, 0.1) is 33.8 Å². The van der Waals surface area contributed by atoms with Gasteiger partial charge in [0.15, 0.2) is 0 Å². The van der Waals surface area contributed by atoms with Crippen LogP contribution in [0.25, 0.3) is 104 Å². The minimum absolute atomic E-state index is 1.10. The summed E-state index contributed by atoms with van der Waals surface area (Å²) in [4.78, 5) is 2.54. The summed E-state index contributed by atoms with van der Waals surface area (Å²) in [6.07, 6.45) is 0. The highest BCUT2D eigenvalue weighted by atomic mass is 15.1. The van der Waals surface area contributed by atoms with Crippen LogP contribution in [0.4, 0.5) is 17.1 Å². The Labute approximate surface area is 383 Å². The fourth-order valence-electron chi connectivity index (χ4n) is 10.7. The quantitative estimate of drug-likeness (QED) is 0.138. The Morgan fingerprint density at radius 2 is 0.636 bits per heavy atom. The molecule has 66 heavy (non-hydrogen) atoms. The van der Waals surface area contributed by atoms with E-state index in [1.165, 1.54) is 93.2 Å². The van der Waals surface area contributed by atoms with Gasteiger partial charge in [0.2, 0.25) is 0 Å². The summed E-state index contributed by atoms with van der Waals surface area (Å²) in [5.41, 5.74) is 16.4. The summed E-state index contributed by atoms with van der Waals surface area (Å²) in [5.74, 6) is 0. The highest BCUT2D eigenvalue weighted by molar-refractivity contribution is 6.28. The number of fused-ring (bicyclic) bond motifs is 3. The number of rotatable bonds is 8. The number of para-hydroxylation sites is 4. The van der Waals surface area contributed by atoms with E-state index in [0.29, 0.717) is 0 Å². The minimum atomic E-state index is 1.10. The number of aromatic nitrogens is 1. The summed E-state index contributed by atoms with van der Waals surface area (Å²) < 4.78 is 2.46. The molecule has 0 spiro atoms. The molecule has 13 rings (SSSR count). The lowest BCUT2D eigenvalue weighted by Gasteiger charge is -2.32. The van der Waals surface area contributed by atoms with E-state index in [2.05, 4.69) is 264 Å². The third-order valence-electron chi connectivity index (χ3n) is 13.6. The van der Waals surface area contributed by atoms with Crippen LogP contribution in [0.2, 0.25) is 0 Å². The Kier molecular flexibility index (Phi) is 8.89. The lowest BCUT2D eigenvalue weighted by Crippen LogP contribution is -2.13.